The third-order valence-corrected chi connectivity index (χ3v) is 4.32. The summed E-state index contributed by atoms with van der Waals surface area (Å²) in [7, 11) is 0. The lowest BCUT2D eigenvalue weighted by atomic mass is 9.81. The molecule has 1 saturated heterocycles. The van der Waals surface area contributed by atoms with Crippen molar-refractivity contribution in [1.82, 2.24) is 4.90 Å². The van der Waals surface area contributed by atoms with Gasteiger partial charge in [-0.15, -0.1) is 12.4 Å². The number of aryl methyl sites for hydroxylation is 1. The van der Waals surface area contributed by atoms with Gasteiger partial charge in [0.25, 0.3) is 0 Å². The molecular weight excluding hydrogens is 302 g/mol. The molecule has 1 aliphatic rings. The predicted octanol–water partition coefficient (Wildman–Crippen LogP) is 3.02. The Morgan fingerprint density at radius 3 is 2.36 bits per heavy atom. The first-order valence-electron chi connectivity index (χ1n) is 7.37. The average molecular weight is 326 g/mol. The molecule has 1 aliphatic heterocycles. The molecule has 1 unspecified atom stereocenters. The maximum atomic E-state index is 12.4. The zero-order valence-electron chi connectivity index (χ0n) is 13.3. The van der Waals surface area contributed by atoms with E-state index in [1.165, 1.54) is 5.56 Å². The number of rotatable bonds is 4. The summed E-state index contributed by atoms with van der Waals surface area (Å²) in [4.78, 5) is 25.1. The Hall–Kier alpha value is -1.55. The number of halogens is 1. The Morgan fingerprint density at radius 1 is 1.27 bits per heavy atom. The lowest BCUT2D eigenvalue weighted by molar-refractivity contribution is -0.141. The third-order valence-electron chi connectivity index (χ3n) is 4.32. The molecule has 2 rings (SSSR count). The fourth-order valence-corrected chi connectivity index (χ4v) is 2.79. The van der Waals surface area contributed by atoms with Crippen molar-refractivity contribution in [2.24, 2.45) is 5.92 Å². The molecule has 0 radical (unpaired) electrons. The van der Waals surface area contributed by atoms with Crippen LogP contribution in [-0.2, 0) is 15.0 Å². The van der Waals surface area contributed by atoms with Gasteiger partial charge in [-0.2, -0.15) is 0 Å². The van der Waals surface area contributed by atoms with Crippen molar-refractivity contribution in [1.29, 1.82) is 0 Å². The third kappa shape index (κ3) is 4.23. The van der Waals surface area contributed by atoms with Crippen molar-refractivity contribution >= 4 is 24.3 Å². The molecule has 0 aliphatic carbocycles. The van der Waals surface area contributed by atoms with Crippen molar-refractivity contribution in [3.63, 3.8) is 0 Å². The number of carbonyl (C=O) groups is 2. The van der Waals surface area contributed by atoms with Gasteiger partial charge < -0.3 is 10.0 Å². The minimum Gasteiger partial charge on any atom is -0.481 e. The second-order valence-electron chi connectivity index (χ2n) is 6.59. The fourth-order valence-electron chi connectivity index (χ4n) is 2.79. The van der Waals surface area contributed by atoms with Crippen LogP contribution in [0.1, 0.15) is 37.8 Å². The normalized spacial score (nSPS) is 18.0. The Bertz CT molecular complexity index is 539. The summed E-state index contributed by atoms with van der Waals surface area (Å²) >= 11 is 0. The lowest BCUT2D eigenvalue weighted by Crippen LogP contribution is -2.34. The van der Waals surface area contributed by atoms with Crippen molar-refractivity contribution in [3.8, 4) is 0 Å². The molecule has 0 bridgehead atoms. The highest BCUT2D eigenvalue weighted by molar-refractivity contribution is 5.85. The van der Waals surface area contributed by atoms with Gasteiger partial charge in [0.05, 0.1) is 5.92 Å². The molecule has 0 spiro atoms. The van der Waals surface area contributed by atoms with Gasteiger partial charge in [0.1, 0.15) is 0 Å². The summed E-state index contributed by atoms with van der Waals surface area (Å²) in [6.45, 7) is 7.05. The molecule has 0 aromatic heterocycles. The van der Waals surface area contributed by atoms with E-state index in [0.29, 0.717) is 25.9 Å². The van der Waals surface area contributed by atoms with E-state index in [9.17, 15) is 9.59 Å². The predicted molar refractivity (Wildman–Crippen MR) is 88.4 cm³/mol. The van der Waals surface area contributed by atoms with Gasteiger partial charge >= 0.3 is 5.97 Å². The van der Waals surface area contributed by atoms with E-state index in [2.05, 4.69) is 38.1 Å². The number of benzene rings is 1. The molecule has 22 heavy (non-hydrogen) atoms. The van der Waals surface area contributed by atoms with Gasteiger partial charge in [-0.05, 0) is 24.3 Å². The highest BCUT2D eigenvalue weighted by Crippen LogP contribution is 2.29. The highest BCUT2D eigenvalue weighted by atomic mass is 35.5. The SMILES string of the molecule is Cc1ccc(C(C)(C)CC(=O)N2CCC(C(=O)O)C2)cc1.Cl. The van der Waals surface area contributed by atoms with Crippen LogP contribution in [0.2, 0.25) is 0 Å². The topological polar surface area (TPSA) is 57.6 Å². The maximum Gasteiger partial charge on any atom is 0.308 e. The van der Waals surface area contributed by atoms with Crippen molar-refractivity contribution in [2.45, 2.75) is 39.0 Å². The summed E-state index contributed by atoms with van der Waals surface area (Å²) in [5.74, 6) is -1.16. The first kappa shape index (κ1) is 18.5. The first-order valence-corrected chi connectivity index (χ1v) is 7.37. The summed E-state index contributed by atoms with van der Waals surface area (Å²) in [5.41, 5.74) is 2.09. The number of amides is 1. The number of carboxylic acids is 1. The van der Waals surface area contributed by atoms with Crippen LogP contribution in [0.25, 0.3) is 0 Å². The first-order chi connectivity index (χ1) is 9.79. The van der Waals surface area contributed by atoms with E-state index in [-0.39, 0.29) is 23.7 Å². The molecule has 1 N–H and O–H groups in total. The number of likely N-dealkylation sites (tertiary alicyclic amines) is 1. The monoisotopic (exact) mass is 325 g/mol. The highest BCUT2D eigenvalue weighted by Gasteiger charge is 2.33. The summed E-state index contributed by atoms with van der Waals surface area (Å²) in [6.07, 6.45) is 0.967. The summed E-state index contributed by atoms with van der Waals surface area (Å²) < 4.78 is 0. The fraction of sp³-hybridized carbons (Fsp3) is 0.529. The molecule has 0 saturated carbocycles. The van der Waals surface area contributed by atoms with Crippen molar-refractivity contribution in [2.75, 3.05) is 13.1 Å². The Kier molecular flexibility index (Phi) is 6.00. The van der Waals surface area contributed by atoms with Crippen LogP contribution < -0.4 is 0 Å². The van der Waals surface area contributed by atoms with Crippen LogP contribution in [0.15, 0.2) is 24.3 Å². The van der Waals surface area contributed by atoms with Gasteiger partial charge in [-0.3, -0.25) is 9.59 Å². The summed E-state index contributed by atoms with van der Waals surface area (Å²) in [6, 6.07) is 8.23. The minimum atomic E-state index is -0.803. The molecule has 122 valence electrons. The molecule has 1 amide bonds. The van der Waals surface area contributed by atoms with E-state index in [1.807, 2.05) is 6.92 Å². The van der Waals surface area contributed by atoms with Crippen LogP contribution in [0, 0.1) is 12.8 Å². The Labute approximate surface area is 137 Å². The maximum absolute atomic E-state index is 12.4. The molecule has 5 heteroatoms. The van der Waals surface area contributed by atoms with Crippen molar-refractivity contribution in [3.05, 3.63) is 35.4 Å². The van der Waals surface area contributed by atoms with E-state index < -0.39 is 11.9 Å². The molecule has 4 nitrogen and oxygen atoms in total. The average Bonchev–Trinajstić information content (AvgIpc) is 2.88. The lowest BCUT2D eigenvalue weighted by Gasteiger charge is -2.27. The number of aliphatic carboxylic acids is 1. The number of nitrogens with zero attached hydrogens (tertiary/aromatic N) is 1. The number of hydrogen-bond donors (Lipinski definition) is 1. The molecule has 1 aromatic carbocycles. The zero-order valence-corrected chi connectivity index (χ0v) is 14.2. The van der Waals surface area contributed by atoms with Crippen LogP contribution in [0.5, 0.6) is 0 Å². The molecule has 1 fully saturated rings. The number of carboxylic acid groups (broad SMARTS) is 1. The van der Waals surface area contributed by atoms with Gasteiger partial charge in [0.15, 0.2) is 0 Å². The van der Waals surface area contributed by atoms with Gasteiger partial charge in [-0.25, -0.2) is 0 Å². The Balaban J connectivity index is 0.00000242. The number of carbonyl (C=O) groups excluding carboxylic acids is 1. The van der Waals surface area contributed by atoms with Gasteiger partial charge in [0.2, 0.25) is 5.91 Å². The molecule has 1 aromatic rings. The standard InChI is InChI=1S/C17H23NO3.ClH/c1-12-4-6-14(7-5-12)17(2,3)10-15(19)18-9-8-13(11-18)16(20)21;/h4-7,13H,8-11H2,1-3H3,(H,20,21);1H. The molecule has 1 heterocycles. The van der Waals surface area contributed by atoms with Gasteiger partial charge in [-0.1, -0.05) is 43.7 Å². The second kappa shape index (κ2) is 7.14. The van der Waals surface area contributed by atoms with E-state index in [0.717, 1.165) is 5.56 Å². The van der Waals surface area contributed by atoms with Crippen LogP contribution in [-0.4, -0.2) is 35.0 Å². The summed E-state index contributed by atoms with van der Waals surface area (Å²) in [5, 5.41) is 9.01. The minimum absolute atomic E-state index is 0. The van der Waals surface area contributed by atoms with E-state index >= 15 is 0 Å². The Morgan fingerprint density at radius 2 is 1.86 bits per heavy atom. The van der Waals surface area contributed by atoms with Crippen LogP contribution in [0.4, 0.5) is 0 Å². The van der Waals surface area contributed by atoms with Crippen LogP contribution in [0.3, 0.4) is 0 Å². The largest absolute Gasteiger partial charge is 0.481 e. The van der Waals surface area contributed by atoms with Gasteiger partial charge in [0, 0.05) is 19.5 Å². The molecular formula is C17H24ClNO3. The van der Waals surface area contributed by atoms with Crippen molar-refractivity contribution < 1.29 is 14.7 Å². The smallest absolute Gasteiger partial charge is 0.308 e. The van der Waals surface area contributed by atoms with Crippen LogP contribution >= 0.6 is 12.4 Å². The molecule has 1 atom stereocenters. The van der Waals surface area contributed by atoms with E-state index in [1.54, 1.807) is 4.90 Å². The zero-order chi connectivity index (χ0) is 15.6. The number of hydrogen-bond acceptors (Lipinski definition) is 2. The second-order valence-corrected chi connectivity index (χ2v) is 6.59. The van der Waals surface area contributed by atoms with E-state index in [4.69, 9.17) is 5.11 Å². The quantitative estimate of drug-likeness (QED) is 0.925.